The molecule has 1 heterocycles. The first-order chi connectivity index (χ1) is 12.9. The number of hydrogen-bond donors (Lipinski definition) is 2. The maximum atomic E-state index is 12.6. The standard InChI is InChI=1S/C20H30N4O3/c1-15(2)10-12-23(11-7-13-27-3)17-18(21)24(20(26)22-19(17)25)14-16-8-5-4-6-9-16/h4-6,8-9,15H,7,10-14,21H2,1-3H3,(H,22,25,26). The van der Waals surface area contributed by atoms with Gasteiger partial charge in [0.1, 0.15) is 11.5 Å². The van der Waals surface area contributed by atoms with E-state index in [-0.39, 0.29) is 5.82 Å². The number of nitrogens with zero attached hydrogens (tertiary/aromatic N) is 2. The number of H-pyrrole nitrogens is 1. The summed E-state index contributed by atoms with van der Waals surface area (Å²) in [5.74, 6) is 0.694. The molecule has 3 N–H and O–H groups in total. The first-order valence-corrected chi connectivity index (χ1v) is 9.34. The van der Waals surface area contributed by atoms with E-state index in [1.165, 1.54) is 4.57 Å². The van der Waals surface area contributed by atoms with Gasteiger partial charge in [0.2, 0.25) is 0 Å². The second-order valence-corrected chi connectivity index (χ2v) is 7.08. The number of nitrogens with one attached hydrogen (secondary N) is 1. The van der Waals surface area contributed by atoms with Gasteiger partial charge in [0.05, 0.1) is 6.54 Å². The van der Waals surface area contributed by atoms with Crippen LogP contribution < -0.4 is 21.9 Å². The van der Waals surface area contributed by atoms with E-state index < -0.39 is 11.2 Å². The minimum Gasteiger partial charge on any atom is -0.385 e. The van der Waals surface area contributed by atoms with Crippen LogP contribution in [0.1, 0.15) is 32.3 Å². The Hall–Kier alpha value is -2.54. The summed E-state index contributed by atoms with van der Waals surface area (Å²) in [6, 6.07) is 9.57. The summed E-state index contributed by atoms with van der Waals surface area (Å²) in [4.78, 5) is 29.3. The number of aromatic nitrogens is 2. The highest BCUT2D eigenvalue weighted by Crippen LogP contribution is 2.19. The number of nitrogens with two attached hydrogens (primary N) is 1. The lowest BCUT2D eigenvalue weighted by Crippen LogP contribution is -2.39. The number of rotatable bonds is 10. The van der Waals surface area contributed by atoms with Crippen molar-refractivity contribution in [1.29, 1.82) is 0 Å². The molecule has 2 rings (SSSR count). The van der Waals surface area contributed by atoms with Crippen molar-refractivity contribution in [3.05, 3.63) is 56.7 Å². The van der Waals surface area contributed by atoms with Crippen molar-refractivity contribution < 1.29 is 4.74 Å². The molecule has 0 aliphatic carbocycles. The molecule has 7 nitrogen and oxygen atoms in total. The molecule has 1 aromatic carbocycles. The number of methoxy groups -OCH3 is 1. The van der Waals surface area contributed by atoms with Crippen LogP contribution in [-0.4, -0.2) is 36.4 Å². The van der Waals surface area contributed by atoms with Crippen LogP contribution in [0.2, 0.25) is 0 Å². The quantitative estimate of drug-likeness (QED) is 0.621. The molecule has 0 atom stereocenters. The Labute approximate surface area is 159 Å². The molecule has 0 bridgehead atoms. The van der Waals surface area contributed by atoms with Crippen LogP contribution in [-0.2, 0) is 11.3 Å². The molecule has 7 heteroatoms. The molecule has 0 saturated carbocycles. The van der Waals surface area contributed by atoms with Gasteiger partial charge >= 0.3 is 5.69 Å². The molecule has 2 aromatic rings. The molecule has 0 radical (unpaired) electrons. The summed E-state index contributed by atoms with van der Waals surface area (Å²) < 4.78 is 6.56. The molecule has 0 saturated heterocycles. The van der Waals surface area contributed by atoms with Gasteiger partial charge in [-0.2, -0.15) is 0 Å². The van der Waals surface area contributed by atoms with Crippen LogP contribution in [0.15, 0.2) is 39.9 Å². The van der Waals surface area contributed by atoms with Crippen molar-refractivity contribution in [2.24, 2.45) is 5.92 Å². The molecule has 0 aliphatic heterocycles. The van der Waals surface area contributed by atoms with E-state index in [4.69, 9.17) is 10.5 Å². The Kier molecular flexibility index (Phi) is 7.67. The first-order valence-electron chi connectivity index (χ1n) is 9.34. The average Bonchev–Trinajstić information content (AvgIpc) is 2.63. The predicted molar refractivity (Wildman–Crippen MR) is 109 cm³/mol. The average molecular weight is 374 g/mol. The van der Waals surface area contributed by atoms with Crippen molar-refractivity contribution in [1.82, 2.24) is 9.55 Å². The largest absolute Gasteiger partial charge is 0.385 e. The third-order valence-corrected chi connectivity index (χ3v) is 4.47. The molecular weight excluding hydrogens is 344 g/mol. The maximum absolute atomic E-state index is 12.6. The maximum Gasteiger partial charge on any atom is 0.330 e. The van der Waals surface area contributed by atoms with Gasteiger partial charge < -0.3 is 15.4 Å². The zero-order valence-corrected chi connectivity index (χ0v) is 16.4. The van der Waals surface area contributed by atoms with E-state index in [2.05, 4.69) is 18.8 Å². The zero-order valence-electron chi connectivity index (χ0n) is 16.4. The minimum atomic E-state index is -0.495. The molecule has 0 fully saturated rings. The third-order valence-electron chi connectivity index (χ3n) is 4.47. The Balaban J connectivity index is 2.40. The molecule has 148 valence electrons. The Morgan fingerprint density at radius 1 is 1.19 bits per heavy atom. The highest BCUT2D eigenvalue weighted by Gasteiger charge is 2.19. The van der Waals surface area contributed by atoms with E-state index >= 15 is 0 Å². The molecule has 1 aromatic heterocycles. The second-order valence-electron chi connectivity index (χ2n) is 7.08. The van der Waals surface area contributed by atoms with Crippen molar-refractivity contribution in [3.63, 3.8) is 0 Å². The number of benzene rings is 1. The van der Waals surface area contributed by atoms with Gasteiger partial charge in [-0.15, -0.1) is 0 Å². The fourth-order valence-corrected chi connectivity index (χ4v) is 2.96. The van der Waals surface area contributed by atoms with Crippen LogP contribution in [0.5, 0.6) is 0 Å². The highest BCUT2D eigenvalue weighted by atomic mass is 16.5. The normalized spacial score (nSPS) is 11.1. The Bertz CT molecular complexity index is 827. The van der Waals surface area contributed by atoms with E-state index in [1.54, 1.807) is 7.11 Å². The van der Waals surface area contributed by atoms with Crippen LogP contribution in [0.3, 0.4) is 0 Å². The summed E-state index contributed by atoms with van der Waals surface area (Å²) in [7, 11) is 1.65. The Morgan fingerprint density at radius 3 is 2.52 bits per heavy atom. The number of aromatic amines is 1. The number of ether oxygens (including phenoxy) is 1. The van der Waals surface area contributed by atoms with Gasteiger partial charge in [-0.1, -0.05) is 44.2 Å². The summed E-state index contributed by atoms with van der Waals surface area (Å²) in [6.45, 7) is 6.51. The predicted octanol–water partition coefficient (Wildman–Crippen LogP) is 2.06. The van der Waals surface area contributed by atoms with Gasteiger partial charge in [0.15, 0.2) is 0 Å². The van der Waals surface area contributed by atoms with E-state index in [1.807, 2.05) is 35.2 Å². The van der Waals surface area contributed by atoms with Gasteiger partial charge in [0, 0.05) is 26.8 Å². The number of anilines is 2. The summed E-state index contributed by atoms with van der Waals surface area (Å²) in [5.41, 5.74) is 6.68. The van der Waals surface area contributed by atoms with Crippen LogP contribution in [0.4, 0.5) is 11.5 Å². The van der Waals surface area contributed by atoms with Crippen LogP contribution in [0, 0.1) is 5.92 Å². The lowest BCUT2D eigenvalue weighted by Gasteiger charge is -2.27. The van der Waals surface area contributed by atoms with Gasteiger partial charge in [-0.3, -0.25) is 14.3 Å². The van der Waals surface area contributed by atoms with Crippen molar-refractivity contribution in [2.45, 2.75) is 33.2 Å². The second kappa shape index (κ2) is 9.97. The van der Waals surface area contributed by atoms with E-state index in [9.17, 15) is 9.59 Å². The minimum absolute atomic E-state index is 0.203. The molecule has 0 unspecified atom stereocenters. The fourth-order valence-electron chi connectivity index (χ4n) is 2.96. The van der Waals surface area contributed by atoms with E-state index in [0.717, 1.165) is 18.4 Å². The monoisotopic (exact) mass is 374 g/mol. The third kappa shape index (κ3) is 5.72. The molecule has 0 aliphatic rings. The molecule has 0 amide bonds. The summed E-state index contributed by atoms with van der Waals surface area (Å²) >= 11 is 0. The van der Waals surface area contributed by atoms with Crippen molar-refractivity contribution in [2.75, 3.05) is 37.4 Å². The lowest BCUT2D eigenvalue weighted by atomic mass is 10.1. The Morgan fingerprint density at radius 2 is 1.89 bits per heavy atom. The van der Waals surface area contributed by atoms with Gasteiger partial charge in [-0.25, -0.2) is 4.79 Å². The van der Waals surface area contributed by atoms with Crippen LogP contribution >= 0.6 is 0 Å². The van der Waals surface area contributed by atoms with Gasteiger partial charge in [-0.05, 0) is 24.3 Å². The van der Waals surface area contributed by atoms with Crippen molar-refractivity contribution >= 4 is 11.5 Å². The fraction of sp³-hybridized carbons (Fsp3) is 0.500. The smallest absolute Gasteiger partial charge is 0.330 e. The summed E-state index contributed by atoms with van der Waals surface area (Å²) in [6.07, 6.45) is 1.69. The summed E-state index contributed by atoms with van der Waals surface area (Å²) in [5, 5.41) is 0. The van der Waals surface area contributed by atoms with Crippen molar-refractivity contribution in [3.8, 4) is 0 Å². The highest BCUT2D eigenvalue weighted by molar-refractivity contribution is 5.62. The van der Waals surface area contributed by atoms with E-state index in [0.29, 0.717) is 37.8 Å². The number of hydrogen-bond acceptors (Lipinski definition) is 5. The lowest BCUT2D eigenvalue weighted by molar-refractivity contribution is 0.196. The molecule has 0 spiro atoms. The molecule has 27 heavy (non-hydrogen) atoms. The number of nitrogen functional groups attached to an aromatic ring is 1. The zero-order chi connectivity index (χ0) is 19.8. The van der Waals surface area contributed by atoms with Crippen LogP contribution in [0.25, 0.3) is 0 Å². The van der Waals surface area contributed by atoms with Gasteiger partial charge in [0.25, 0.3) is 5.56 Å². The molecular formula is C20H30N4O3. The topological polar surface area (TPSA) is 93.3 Å². The SMILES string of the molecule is COCCCN(CCC(C)C)c1c(N)n(Cc2ccccc2)c(=O)[nH]c1=O. The first kappa shape index (κ1) is 20.8.